The second kappa shape index (κ2) is 17.4. The normalized spacial score (nSPS) is 20.4. The van der Waals surface area contributed by atoms with Gasteiger partial charge in [-0.15, -0.1) is 0 Å². The molecule has 0 aliphatic carbocycles. The van der Waals surface area contributed by atoms with E-state index >= 15 is 0 Å². The monoisotopic (exact) mass is 942 g/mol. The molecule has 15 nitrogen and oxygen atoms in total. The number of aromatic nitrogens is 4. The summed E-state index contributed by atoms with van der Waals surface area (Å²) in [7, 11) is 2.58. The van der Waals surface area contributed by atoms with Gasteiger partial charge in [0.1, 0.15) is 30.0 Å². The van der Waals surface area contributed by atoms with Crippen molar-refractivity contribution in [2.45, 2.75) is 94.1 Å². The molecule has 2 fully saturated rings. The Balaban J connectivity index is 1.04. The van der Waals surface area contributed by atoms with E-state index in [1.54, 1.807) is 13.1 Å². The fourth-order valence-corrected chi connectivity index (χ4v) is 10.1. The Morgan fingerprint density at radius 1 is 0.934 bits per heavy atom. The molecular weight excluding hydrogens is 891 g/mol. The molecule has 61 heavy (non-hydrogen) atoms. The van der Waals surface area contributed by atoms with Crippen LogP contribution in [0.3, 0.4) is 0 Å². The van der Waals surface area contributed by atoms with Crippen molar-refractivity contribution in [3.8, 4) is 28.1 Å². The third kappa shape index (κ3) is 7.90. The maximum Gasteiger partial charge on any atom is 0.407 e. The number of ether oxygens (including phenoxy) is 3. The molecule has 2 saturated heterocycles. The number of alkyl halides is 1. The largest absolute Gasteiger partial charge is 0.488 e. The molecule has 4 N–H and O–H groups in total. The zero-order valence-electron chi connectivity index (χ0n) is 35.0. The smallest absolute Gasteiger partial charge is 0.407 e. The SMILES string of the molecule is C=C(CC)[C@H]1CC[C@@H](c2ncc(-c3ccc4c(c3)COc3cc5c(ccc6[nH]c(C7CC[C@H](I)N7C(=O)C(CC)CNC(=O)OC)nc65)cc3-4)[nH]2)N1C(=O)[C@H](C)NC(=O)OC. The molecule has 3 aliphatic heterocycles. The van der Waals surface area contributed by atoms with Crippen LogP contribution in [0.15, 0.2) is 60.8 Å². The van der Waals surface area contributed by atoms with Crippen LogP contribution in [0.4, 0.5) is 9.59 Å². The summed E-state index contributed by atoms with van der Waals surface area (Å²) in [5.74, 6) is 1.59. The maximum atomic E-state index is 13.9. The van der Waals surface area contributed by atoms with Crippen molar-refractivity contribution >= 4 is 68.4 Å². The van der Waals surface area contributed by atoms with Gasteiger partial charge < -0.3 is 44.6 Å². The minimum Gasteiger partial charge on any atom is -0.488 e. The first-order chi connectivity index (χ1) is 29.4. The summed E-state index contributed by atoms with van der Waals surface area (Å²) in [6.45, 7) is 10.5. The van der Waals surface area contributed by atoms with Gasteiger partial charge in [-0.2, -0.15) is 0 Å². The van der Waals surface area contributed by atoms with Gasteiger partial charge in [0.2, 0.25) is 11.8 Å². The molecular formula is C45H51IN8O7. The lowest BCUT2D eigenvalue weighted by Crippen LogP contribution is -2.49. The fraction of sp³-hybridized carbons (Fsp3) is 0.422. The van der Waals surface area contributed by atoms with Crippen LogP contribution in [0.25, 0.3) is 44.2 Å². The van der Waals surface area contributed by atoms with Crippen LogP contribution in [-0.4, -0.2) is 90.6 Å². The molecule has 4 amide bonds. The number of nitrogens with zero attached hydrogens (tertiary/aromatic N) is 4. The van der Waals surface area contributed by atoms with Gasteiger partial charge in [0, 0.05) is 17.5 Å². The van der Waals surface area contributed by atoms with Gasteiger partial charge in [0.15, 0.2) is 0 Å². The predicted octanol–water partition coefficient (Wildman–Crippen LogP) is 8.22. The number of alkyl carbamates (subject to hydrolysis) is 2. The van der Waals surface area contributed by atoms with E-state index in [4.69, 9.17) is 24.2 Å². The molecule has 5 aromatic rings. The first-order valence-corrected chi connectivity index (χ1v) is 22.1. The molecule has 0 bridgehead atoms. The average molecular weight is 943 g/mol. The first kappa shape index (κ1) is 42.1. The van der Waals surface area contributed by atoms with E-state index in [9.17, 15) is 19.2 Å². The number of amides is 4. The van der Waals surface area contributed by atoms with E-state index in [0.717, 1.165) is 92.6 Å². The van der Waals surface area contributed by atoms with Crippen LogP contribution in [0.1, 0.15) is 88.6 Å². The standard InChI is InChI=1S/C45H51IN8O7/c1-7-23(3)34-13-14-35(53(34)42(55)24(4)49-45(58)60-6)40-47-21-33(51-40)27-9-11-29-28(17-27)22-61-37-19-30-26(18-31(29)37)10-12-32-39(30)52-41(50-32)36-15-16-38(46)54(36)43(56)25(8-2)20-48-44(57)59-5/h9-12,17-19,21,24-25,34-36,38H,3,7-8,13-16,20,22H2,1-2,4-6H3,(H,47,51)(H,48,57)(H,49,58)(H,50,52)/t24-,25?,34+,35-,36?,38+/m0/s1. The summed E-state index contributed by atoms with van der Waals surface area (Å²) in [5, 5.41) is 7.29. The van der Waals surface area contributed by atoms with Crippen molar-refractivity contribution in [2.75, 3.05) is 20.8 Å². The highest BCUT2D eigenvalue weighted by Crippen LogP contribution is 2.45. The molecule has 3 aliphatic rings. The van der Waals surface area contributed by atoms with E-state index in [-0.39, 0.29) is 46.5 Å². The fourth-order valence-electron chi connectivity index (χ4n) is 9.05. The third-order valence-corrected chi connectivity index (χ3v) is 13.7. The molecule has 2 unspecified atom stereocenters. The number of fused-ring (bicyclic) bond motifs is 6. The van der Waals surface area contributed by atoms with Crippen molar-refractivity contribution in [2.24, 2.45) is 5.92 Å². The van der Waals surface area contributed by atoms with Gasteiger partial charge in [-0.3, -0.25) is 9.59 Å². The van der Waals surface area contributed by atoms with Crippen LogP contribution in [0.5, 0.6) is 5.75 Å². The van der Waals surface area contributed by atoms with Crippen molar-refractivity contribution in [1.29, 1.82) is 0 Å². The number of hydrogen-bond acceptors (Lipinski definition) is 9. The zero-order valence-corrected chi connectivity index (χ0v) is 37.1. The number of likely N-dealkylation sites (tertiary alicyclic amines) is 2. The van der Waals surface area contributed by atoms with Crippen molar-refractivity contribution < 1.29 is 33.4 Å². The van der Waals surface area contributed by atoms with Crippen LogP contribution in [0, 0.1) is 5.92 Å². The minimum atomic E-state index is -0.786. The summed E-state index contributed by atoms with van der Waals surface area (Å²) in [6.07, 6.45) is 4.97. The molecule has 0 spiro atoms. The number of H-pyrrole nitrogens is 2. The van der Waals surface area contributed by atoms with E-state index in [1.807, 2.05) is 29.7 Å². The topological polar surface area (TPSA) is 184 Å². The number of nitrogens with one attached hydrogen (secondary N) is 4. The number of halogens is 1. The molecule has 0 saturated carbocycles. The van der Waals surface area contributed by atoms with Gasteiger partial charge >= 0.3 is 12.2 Å². The summed E-state index contributed by atoms with van der Waals surface area (Å²) < 4.78 is 15.9. The Morgan fingerprint density at radius 3 is 2.46 bits per heavy atom. The third-order valence-electron chi connectivity index (χ3n) is 12.4. The van der Waals surface area contributed by atoms with E-state index < -0.39 is 18.2 Å². The highest BCUT2D eigenvalue weighted by atomic mass is 127. The molecule has 16 heteroatoms. The number of hydrogen-bond donors (Lipinski definition) is 4. The Kier molecular flexibility index (Phi) is 12.0. The Labute approximate surface area is 367 Å². The van der Waals surface area contributed by atoms with Gasteiger partial charge in [-0.05, 0) is 91.8 Å². The Bertz CT molecular complexity index is 2530. The summed E-state index contributed by atoms with van der Waals surface area (Å²) >= 11 is 2.33. The minimum absolute atomic E-state index is 0.00292. The van der Waals surface area contributed by atoms with Gasteiger partial charge in [-0.1, -0.05) is 66.8 Å². The number of carbonyl (C=O) groups excluding carboxylic acids is 4. The zero-order chi connectivity index (χ0) is 43.1. The lowest BCUT2D eigenvalue weighted by Gasteiger charge is -2.32. The van der Waals surface area contributed by atoms with Crippen LogP contribution < -0.4 is 15.4 Å². The first-order valence-electron chi connectivity index (χ1n) is 20.8. The molecule has 8 rings (SSSR count). The van der Waals surface area contributed by atoms with Gasteiger partial charge in [0.05, 0.1) is 65.2 Å². The number of benzene rings is 3. The molecule has 3 aromatic carbocycles. The number of imidazole rings is 2. The maximum absolute atomic E-state index is 13.9. The van der Waals surface area contributed by atoms with Crippen molar-refractivity contribution in [1.82, 2.24) is 40.4 Å². The second-order valence-corrected chi connectivity index (χ2v) is 17.4. The van der Waals surface area contributed by atoms with Crippen molar-refractivity contribution in [3.05, 3.63) is 78.0 Å². The Morgan fingerprint density at radius 2 is 1.70 bits per heavy atom. The van der Waals surface area contributed by atoms with Gasteiger partial charge in [-0.25, -0.2) is 19.6 Å². The van der Waals surface area contributed by atoms with E-state index in [0.29, 0.717) is 25.3 Å². The lowest BCUT2D eigenvalue weighted by atomic mass is 9.92. The highest BCUT2D eigenvalue weighted by Gasteiger charge is 2.43. The Hall–Kier alpha value is -5.65. The van der Waals surface area contributed by atoms with E-state index in [1.165, 1.54) is 14.2 Å². The summed E-state index contributed by atoms with van der Waals surface area (Å²) in [6, 6.07) is 13.2. The van der Waals surface area contributed by atoms with Crippen LogP contribution in [0.2, 0.25) is 0 Å². The molecule has 0 radical (unpaired) electrons. The highest BCUT2D eigenvalue weighted by molar-refractivity contribution is 14.1. The number of carbonyl (C=O) groups is 4. The van der Waals surface area contributed by atoms with Crippen LogP contribution in [-0.2, 0) is 25.7 Å². The lowest BCUT2D eigenvalue weighted by molar-refractivity contribution is -0.137. The quantitative estimate of drug-likeness (QED) is 0.0439. The second-order valence-electron chi connectivity index (χ2n) is 16.0. The van der Waals surface area contributed by atoms with Gasteiger partial charge in [0.25, 0.3) is 0 Å². The van der Waals surface area contributed by atoms with Crippen molar-refractivity contribution in [3.63, 3.8) is 0 Å². The van der Waals surface area contributed by atoms with E-state index in [2.05, 4.69) is 86.2 Å². The number of rotatable bonds is 11. The number of aromatic amines is 2. The molecule has 2 aromatic heterocycles. The predicted molar refractivity (Wildman–Crippen MR) is 239 cm³/mol. The summed E-state index contributed by atoms with van der Waals surface area (Å²) in [4.78, 5) is 72.1. The molecule has 5 heterocycles. The molecule has 320 valence electrons. The van der Waals surface area contributed by atoms with Crippen LogP contribution >= 0.6 is 22.6 Å². The molecule has 6 atom stereocenters. The average Bonchev–Trinajstić information content (AvgIpc) is 4.10. The summed E-state index contributed by atoms with van der Waals surface area (Å²) in [5.41, 5.74) is 7.54. The number of methoxy groups -OCH3 is 2.